The highest BCUT2D eigenvalue weighted by Gasteiger charge is 1.95. The van der Waals surface area contributed by atoms with Crippen LogP contribution in [0.5, 0.6) is 0 Å². The molecule has 310 valence electrons. The molecule has 0 fully saturated rings. The Morgan fingerprint density at radius 1 is 0.220 bits per heavy atom. The molecule has 0 aliphatic heterocycles. The molecule has 9 aromatic rings. The van der Waals surface area contributed by atoms with Crippen LogP contribution in [0.1, 0.15) is 76.7 Å². The van der Waals surface area contributed by atoms with E-state index in [1.165, 1.54) is 43.4 Å². The summed E-state index contributed by atoms with van der Waals surface area (Å²) in [5, 5.41) is 7.87. The molecule has 0 unspecified atom stereocenters. The number of hydrogen-bond donors (Lipinski definition) is 0. The summed E-state index contributed by atoms with van der Waals surface area (Å²) in [7, 11) is 0. The van der Waals surface area contributed by atoms with Gasteiger partial charge in [-0.2, -0.15) is 0 Å². The standard InChI is InChI=1S/C14H10.C12H10.C10H8.C6H6.C5H5N.5C2H6.CH4/c1-2-6-12-10-14-8-4-3-7-13(14)9-11(12)5-1;1-3-7-11(8-4-1)12-9-5-2-6-10-12;1-2-6-10-8-4-3-7-9(10)5-1;2*1-2-4-6-5-3-1;5*1-2;/h1-10H;1-10H;1-8H;1-6H;1-5H;5*1-2H3;1H4. The summed E-state index contributed by atoms with van der Waals surface area (Å²) in [6, 6.07) is 76.6. The first-order chi connectivity index (χ1) is 28.9. The van der Waals surface area contributed by atoms with Gasteiger partial charge in [0, 0.05) is 12.4 Å². The van der Waals surface area contributed by atoms with E-state index in [0.29, 0.717) is 0 Å². The fraction of sp³-hybridized carbons (Fsp3) is 0.190. The fourth-order valence-electron chi connectivity index (χ4n) is 4.97. The average Bonchev–Trinajstić information content (AvgIpc) is 3.36. The molecule has 0 aliphatic rings. The molecule has 8 aromatic carbocycles. The second-order valence-corrected chi connectivity index (χ2v) is 10.8. The second-order valence-electron chi connectivity index (χ2n) is 10.8. The van der Waals surface area contributed by atoms with Crippen molar-refractivity contribution in [2.75, 3.05) is 0 Å². The molecule has 0 saturated carbocycles. The maximum Gasteiger partial charge on any atom is 0.0267 e. The van der Waals surface area contributed by atoms with Gasteiger partial charge in [-0.3, -0.25) is 4.98 Å². The number of fused-ring (bicyclic) bond motifs is 3. The Kier molecular flexibility index (Phi) is 37.1. The van der Waals surface area contributed by atoms with Crippen molar-refractivity contribution in [3.05, 3.63) is 237 Å². The molecular formula is C58H73N. The van der Waals surface area contributed by atoms with Crippen molar-refractivity contribution in [1.29, 1.82) is 0 Å². The van der Waals surface area contributed by atoms with Crippen molar-refractivity contribution in [3.63, 3.8) is 0 Å². The van der Waals surface area contributed by atoms with Gasteiger partial charge in [0.25, 0.3) is 0 Å². The zero-order valence-corrected chi connectivity index (χ0v) is 37.0. The van der Waals surface area contributed by atoms with Gasteiger partial charge >= 0.3 is 0 Å². The van der Waals surface area contributed by atoms with Gasteiger partial charge in [0.05, 0.1) is 0 Å². The van der Waals surface area contributed by atoms with Crippen LogP contribution in [0.15, 0.2) is 237 Å². The highest BCUT2D eigenvalue weighted by Crippen LogP contribution is 2.22. The van der Waals surface area contributed by atoms with Crippen molar-refractivity contribution in [2.45, 2.75) is 76.7 Å². The largest absolute Gasteiger partial charge is 0.265 e. The summed E-state index contributed by atoms with van der Waals surface area (Å²) in [5.74, 6) is 0. The molecule has 0 spiro atoms. The lowest BCUT2D eigenvalue weighted by Gasteiger charge is -2.00. The van der Waals surface area contributed by atoms with Gasteiger partial charge in [-0.1, -0.05) is 277 Å². The molecule has 59 heavy (non-hydrogen) atoms. The summed E-state index contributed by atoms with van der Waals surface area (Å²) >= 11 is 0. The Labute approximate surface area is 360 Å². The van der Waals surface area contributed by atoms with Crippen LogP contribution < -0.4 is 0 Å². The molecule has 0 radical (unpaired) electrons. The number of nitrogens with zero attached hydrogens (tertiary/aromatic N) is 1. The molecule has 0 amide bonds. The Bertz CT molecular complexity index is 1870. The molecule has 1 nitrogen and oxygen atoms in total. The predicted octanol–water partition coefficient (Wildman–Crippen LogP) is 18.7. The van der Waals surface area contributed by atoms with Crippen molar-refractivity contribution in [2.24, 2.45) is 0 Å². The summed E-state index contributed by atoms with van der Waals surface area (Å²) in [6.07, 6.45) is 3.50. The average molecular weight is 784 g/mol. The molecule has 0 bridgehead atoms. The smallest absolute Gasteiger partial charge is 0.0267 e. The molecule has 9 rings (SSSR count). The third-order valence-electron chi connectivity index (χ3n) is 7.39. The highest BCUT2D eigenvalue weighted by molar-refractivity contribution is 5.98. The van der Waals surface area contributed by atoms with Crippen LogP contribution in [0.3, 0.4) is 0 Å². The van der Waals surface area contributed by atoms with E-state index in [4.69, 9.17) is 0 Å². The normalized spacial score (nSPS) is 8.37. The fourth-order valence-corrected chi connectivity index (χ4v) is 4.97. The highest BCUT2D eigenvalue weighted by atomic mass is 14.6. The molecule has 0 saturated heterocycles. The molecule has 1 heteroatoms. The van der Waals surface area contributed by atoms with Crippen molar-refractivity contribution < 1.29 is 0 Å². The van der Waals surface area contributed by atoms with Crippen LogP contribution in [0.4, 0.5) is 0 Å². The second kappa shape index (κ2) is 39.9. The van der Waals surface area contributed by atoms with Gasteiger partial charge in [0.1, 0.15) is 0 Å². The van der Waals surface area contributed by atoms with E-state index in [1.807, 2.05) is 136 Å². The van der Waals surface area contributed by atoms with Gasteiger partial charge in [0.15, 0.2) is 0 Å². The molecule has 0 aliphatic carbocycles. The topological polar surface area (TPSA) is 12.9 Å². The van der Waals surface area contributed by atoms with E-state index in [2.05, 4.69) is 163 Å². The van der Waals surface area contributed by atoms with E-state index in [1.54, 1.807) is 12.4 Å². The predicted molar refractivity (Wildman–Crippen MR) is 271 cm³/mol. The Morgan fingerprint density at radius 3 is 0.610 bits per heavy atom. The molecule has 0 N–H and O–H groups in total. The minimum atomic E-state index is 0. The Balaban J connectivity index is 0. The van der Waals surface area contributed by atoms with Crippen molar-refractivity contribution in [3.8, 4) is 11.1 Å². The lowest BCUT2D eigenvalue weighted by atomic mass is 10.0. The van der Waals surface area contributed by atoms with E-state index >= 15 is 0 Å². The van der Waals surface area contributed by atoms with Crippen LogP contribution in [0, 0.1) is 0 Å². The third kappa shape index (κ3) is 23.5. The van der Waals surface area contributed by atoms with Gasteiger partial charge in [-0.25, -0.2) is 0 Å². The first-order valence-corrected chi connectivity index (χ1v) is 21.1. The first kappa shape index (κ1) is 54.8. The van der Waals surface area contributed by atoms with Gasteiger partial charge in [0.2, 0.25) is 0 Å². The summed E-state index contributed by atoms with van der Waals surface area (Å²) < 4.78 is 0. The van der Waals surface area contributed by atoms with Crippen LogP contribution in [-0.4, -0.2) is 4.98 Å². The minimum absolute atomic E-state index is 0. The minimum Gasteiger partial charge on any atom is -0.265 e. The van der Waals surface area contributed by atoms with Crippen molar-refractivity contribution in [1.82, 2.24) is 4.98 Å². The van der Waals surface area contributed by atoms with Crippen LogP contribution in [0.2, 0.25) is 0 Å². The quantitative estimate of drug-likeness (QED) is 0.151. The summed E-state index contributed by atoms with van der Waals surface area (Å²) in [6.45, 7) is 20.0. The van der Waals surface area contributed by atoms with Crippen molar-refractivity contribution >= 4 is 32.3 Å². The van der Waals surface area contributed by atoms with Gasteiger partial charge in [-0.15, -0.1) is 0 Å². The number of rotatable bonds is 1. The molecule has 1 aromatic heterocycles. The monoisotopic (exact) mass is 784 g/mol. The van der Waals surface area contributed by atoms with Gasteiger partial charge in [-0.05, 0) is 67.7 Å². The molecule has 0 atom stereocenters. The lowest BCUT2D eigenvalue weighted by molar-refractivity contribution is 1.33. The lowest BCUT2D eigenvalue weighted by Crippen LogP contribution is -1.74. The van der Waals surface area contributed by atoms with E-state index < -0.39 is 0 Å². The van der Waals surface area contributed by atoms with E-state index in [9.17, 15) is 0 Å². The third-order valence-corrected chi connectivity index (χ3v) is 7.39. The zero-order valence-electron chi connectivity index (χ0n) is 37.0. The Hall–Kier alpha value is -6.31. The molecule has 1 heterocycles. The Morgan fingerprint density at radius 2 is 0.407 bits per heavy atom. The van der Waals surface area contributed by atoms with Gasteiger partial charge < -0.3 is 0 Å². The number of aromatic nitrogens is 1. The maximum atomic E-state index is 3.78. The maximum absolute atomic E-state index is 3.78. The summed E-state index contributed by atoms with van der Waals surface area (Å²) in [4.78, 5) is 3.78. The van der Waals surface area contributed by atoms with Crippen LogP contribution in [0.25, 0.3) is 43.4 Å². The number of benzene rings is 8. The van der Waals surface area contributed by atoms with Crippen LogP contribution >= 0.6 is 0 Å². The van der Waals surface area contributed by atoms with E-state index in [-0.39, 0.29) is 7.43 Å². The zero-order chi connectivity index (χ0) is 42.9. The van der Waals surface area contributed by atoms with Crippen LogP contribution in [-0.2, 0) is 0 Å². The number of pyridine rings is 1. The number of hydrogen-bond acceptors (Lipinski definition) is 1. The molecular weight excluding hydrogens is 711 g/mol. The SMILES string of the molecule is C.CC.CC.CC.CC.CC.c1ccc(-c2ccccc2)cc1.c1ccc2cc3ccccc3cc2c1.c1ccc2ccccc2c1.c1ccccc1.c1ccncc1. The van der Waals surface area contributed by atoms with E-state index in [0.717, 1.165) is 0 Å². The summed E-state index contributed by atoms with van der Waals surface area (Å²) in [5.41, 5.74) is 2.55. The first-order valence-electron chi connectivity index (χ1n) is 21.1.